The second-order valence-corrected chi connectivity index (χ2v) is 8.91. The lowest BCUT2D eigenvalue weighted by atomic mass is 10.1. The van der Waals surface area contributed by atoms with Gasteiger partial charge in [-0.3, -0.25) is 4.79 Å². The van der Waals surface area contributed by atoms with Crippen molar-refractivity contribution in [2.45, 2.75) is 38.6 Å². The van der Waals surface area contributed by atoms with Gasteiger partial charge < -0.3 is 25.0 Å². The molecule has 176 valence electrons. The standard InChI is InChI=1S/C26H33N3O4/c1-4-29(15-20-13-23(20)18-7-9-22(32-3)10-8-18)25(30)19-6-5-17(2)24(14-19)28-26(31)27-21-11-12-33-16-21/h5-10,14,20-21,23H,4,11-13,15-16H2,1-3H3,(H2,27,28,31)/t20-,21?,23-/m1/s1. The van der Waals surface area contributed by atoms with E-state index in [-0.39, 0.29) is 18.0 Å². The fraction of sp³-hybridized carbons (Fsp3) is 0.462. The largest absolute Gasteiger partial charge is 0.497 e. The summed E-state index contributed by atoms with van der Waals surface area (Å²) in [6.45, 7) is 6.50. The molecule has 2 aromatic rings. The number of nitrogens with zero attached hydrogens (tertiary/aromatic N) is 1. The van der Waals surface area contributed by atoms with Crippen molar-refractivity contribution in [1.82, 2.24) is 10.2 Å². The number of aryl methyl sites for hydroxylation is 1. The van der Waals surface area contributed by atoms with Gasteiger partial charge in [0.25, 0.3) is 5.91 Å². The molecule has 0 aromatic heterocycles. The zero-order chi connectivity index (χ0) is 23.4. The summed E-state index contributed by atoms with van der Waals surface area (Å²) in [5.74, 6) is 1.79. The molecule has 3 amide bonds. The zero-order valence-corrected chi connectivity index (χ0v) is 19.6. The van der Waals surface area contributed by atoms with Crippen LogP contribution in [-0.4, -0.2) is 56.3 Å². The lowest BCUT2D eigenvalue weighted by Gasteiger charge is -2.22. The van der Waals surface area contributed by atoms with Crippen LogP contribution in [0.4, 0.5) is 10.5 Å². The molecular formula is C26H33N3O4. The van der Waals surface area contributed by atoms with Gasteiger partial charge >= 0.3 is 6.03 Å². The first-order chi connectivity index (χ1) is 16.0. The monoisotopic (exact) mass is 451 g/mol. The molecular weight excluding hydrogens is 418 g/mol. The van der Waals surface area contributed by atoms with Crippen molar-refractivity contribution in [2.75, 3.05) is 38.7 Å². The number of carbonyl (C=O) groups excluding carboxylic acids is 2. The Balaban J connectivity index is 1.37. The molecule has 0 spiro atoms. The minimum Gasteiger partial charge on any atom is -0.497 e. The number of ether oxygens (including phenoxy) is 2. The lowest BCUT2D eigenvalue weighted by Crippen LogP contribution is -2.38. The number of carbonyl (C=O) groups is 2. The predicted molar refractivity (Wildman–Crippen MR) is 128 cm³/mol. The van der Waals surface area contributed by atoms with Crippen LogP contribution in [0.5, 0.6) is 5.75 Å². The Bertz CT molecular complexity index is 986. The van der Waals surface area contributed by atoms with Crippen molar-refractivity contribution in [2.24, 2.45) is 5.92 Å². The highest BCUT2D eigenvalue weighted by atomic mass is 16.5. The Morgan fingerprint density at radius 2 is 1.97 bits per heavy atom. The van der Waals surface area contributed by atoms with Gasteiger partial charge in [0.1, 0.15) is 5.75 Å². The van der Waals surface area contributed by atoms with E-state index in [1.54, 1.807) is 13.2 Å². The SMILES string of the molecule is CCN(C[C@H]1C[C@@H]1c1ccc(OC)cc1)C(=O)c1ccc(C)c(NC(=O)NC2CCOC2)c1. The van der Waals surface area contributed by atoms with E-state index >= 15 is 0 Å². The van der Waals surface area contributed by atoms with Gasteiger partial charge in [-0.1, -0.05) is 18.2 Å². The van der Waals surface area contributed by atoms with E-state index in [0.29, 0.717) is 42.8 Å². The maximum atomic E-state index is 13.3. The van der Waals surface area contributed by atoms with Crippen LogP contribution in [0.15, 0.2) is 42.5 Å². The summed E-state index contributed by atoms with van der Waals surface area (Å²) >= 11 is 0. The van der Waals surface area contributed by atoms with Crippen molar-refractivity contribution < 1.29 is 19.1 Å². The van der Waals surface area contributed by atoms with Crippen LogP contribution >= 0.6 is 0 Å². The second-order valence-electron chi connectivity index (χ2n) is 8.91. The number of methoxy groups -OCH3 is 1. The van der Waals surface area contributed by atoms with Crippen molar-refractivity contribution in [3.05, 3.63) is 59.2 Å². The minimum atomic E-state index is -0.272. The number of rotatable bonds is 8. The summed E-state index contributed by atoms with van der Waals surface area (Å²) in [4.78, 5) is 27.5. The highest BCUT2D eigenvalue weighted by Gasteiger charge is 2.40. The summed E-state index contributed by atoms with van der Waals surface area (Å²) in [5, 5.41) is 5.81. The molecule has 2 N–H and O–H groups in total. The normalized spacial score (nSPS) is 21.4. The van der Waals surface area contributed by atoms with Crippen LogP contribution in [0.1, 0.15) is 47.2 Å². The fourth-order valence-corrected chi connectivity index (χ4v) is 4.41. The van der Waals surface area contributed by atoms with Gasteiger partial charge in [-0.25, -0.2) is 4.79 Å². The number of anilines is 1. The van der Waals surface area contributed by atoms with Gasteiger partial charge in [-0.2, -0.15) is 0 Å². The first-order valence-corrected chi connectivity index (χ1v) is 11.7. The zero-order valence-electron chi connectivity index (χ0n) is 19.6. The van der Waals surface area contributed by atoms with Crippen LogP contribution in [0, 0.1) is 12.8 Å². The predicted octanol–water partition coefficient (Wildman–Crippen LogP) is 4.18. The van der Waals surface area contributed by atoms with Gasteiger partial charge in [0, 0.05) is 30.9 Å². The van der Waals surface area contributed by atoms with E-state index < -0.39 is 0 Å². The van der Waals surface area contributed by atoms with Crippen molar-refractivity contribution >= 4 is 17.6 Å². The number of amides is 3. The van der Waals surface area contributed by atoms with Crippen molar-refractivity contribution in [3.63, 3.8) is 0 Å². The smallest absolute Gasteiger partial charge is 0.319 e. The number of nitrogens with one attached hydrogen (secondary N) is 2. The quantitative estimate of drug-likeness (QED) is 0.631. The third-order valence-corrected chi connectivity index (χ3v) is 6.59. The van der Waals surface area contributed by atoms with Gasteiger partial charge in [-0.05, 0) is 73.9 Å². The number of hydrogen-bond acceptors (Lipinski definition) is 4. The summed E-state index contributed by atoms with van der Waals surface area (Å²) in [6, 6.07) is 13.5. The average Bonchev–Trinajstić information content (AvgIpc) is 3.41. The first kappa shape index (κ1) is 23.1. The average molecular weight is 452 g/mol. The molecule has 1 unspecified atom stereocenters. The van der Waals surface area contributed by atoms with Crippen LogP contribution in [0.25, 0.3) is 0 Å². The van der Waals surface area contributed by atoms with E-state index in [4.69, 9.17) is 9.47 Å². The molecule has 2 aromatic carbocycles. The molecule has 1 aliphatic heterocycles. The molecule has 1 aliphatic carbocycles. The molecule has 2 aliphatic rings. The van der Waals surface area contributed by atoms with Crippen LogP contribution in [0.3, 0.4) is 0 Å². The van der Waals surface area contributed by atoms with Crippen LogP contribution in [-0.2, 0) is 4.74 Å². The molecule has 0 radical (unpaired) electrons. The Morgan fingerprint density at radius 1 is 1.18 bits per heavy atom. The molecule has 1 saturated heterocycles. The topological polar surface area (TPSA) is 79.9 Å². The van der Waals surface area contributed by atoms with Crippen LogP contribution in [0.2, 0.25) is 0 Å². The number of benzene rings is 2. The minimum absolute atomic E-state index is 0.00877. The first-order valence-electron chi connectivity index (χ1n) is 11.7. The Hall–Kier alpha value is -3.06. The van der Waals surface area contributed by atoms with E-state index in [1.807, 2.05) is 43.0 Å². The van der Waals surface area contributed by atoms with Crippen molar-refractivity contribution in [1.29, 1.82) is 0 Å². The van der Waals surface area contributed by atoms with Gasteiger partial charge in [0.2, 0.25) is 0 Å². The lowest BCUT2D eigenvalue weighted by molar-refractivity contribution is 0.0756. The summed E-state index contributed by atoms with van der Waals surface area (Å²) < 4.78 is 10.6. The molecule has 4 rings (SSSR count). The van der Waals surface area contributed by atoms with E-state index in [0.717, 1.165) is 30.7 Å². The fourth-order valence-electron chi connectivity index (χ4n) is 4.41. The Morgan fingerprint density at radius 3 is 2.64 bits per heavy atom. The number of hydrogen-bond donors (Lipinski definition) is 2. The van der Waals surface area contributed by atoms with Gasteiger partial charge in [0.15, 0.2) is 0 Å². The maximum absolute atomic E-state index is 13.3. The van der Waals surface area contributed by atoms with E-state index in [1.165, 1.54) is 5.56 Å². The summed E-state index contributed by atoms with van der Waals surface area (Å²) in [6.07, 6.45) is 1.90. The molecule has 3 atom stereocenters. The molecule has 7 nitrogen and oxygen atoms in total. The molecule has 33 heavy (non-hydrogen) atoms. The highest BCUT2D eigenvalue weighted by Crippen LogP contribution is 2.48. The number of urea groups is 1. The molecule has 0 bridgehead atoms. The second kappa shape index (κ2) is 10.3. The summed E-state index contributed by atoms with van der Waals surface area (Å²) in [7, 11) is 1.67. The van der Waals surface area contributed by atoms with Crippen LogP contribution < -0.4 is 15.4 Å². The van der Waals surface area contributed by atoms with Gasteiger partial charge in [0.05, 0.1) is 19.8 Å². The Labute approximate surface area is 195 Å². The Kier molecular flexibility index (Phi) is 7.18. The third-order valence-electron chi connectivity index (χ3n) is 6.59. The van der Waals surface area contributed by atoms with E-state index in [9.17, 15) is 9.59 Å². The third kappa shape index (κ3) is 5.66. The molecule has 1 saturated carbocycles. The maximum Gasteiger partial charge on any atom is 0.319 e. The molecule has 1 heterocycles. The van der Waals surface area contributed by atoms with Gasteiger partial charge in [-0.15, -0.1) is 0 Å². The molecule has 2 fully saturated rings. The van der Waals surface area contributed by atoms with E-state index in [2.05, 4.69) is 22.8 Å². The highest BCUT2D eigenvalue weighted by molar-refractivity contribution is 5.97. The molecule has 7 heteroatoms. The van der Waals surface area contributed by atoms with Crippen molar-refractivity contribution in [3.8, 4) is 5.75 Å². The summed E-state index contributed by atoms with van der Waals surface area (Å²) in [5.41, 5.74) is 3.44.